The molecule has 2 aromatic carbocycles. The number of benzene rings is 2. The Hall–Kier alpha value is -3.20. The molecule has 1 aliphatic rings. The molecule has 1 heterocycles. The van der Waals surface area contributed by atoms with Crippen molar-refractivity contribution in [3.05, 3.63) is 53.1 Å². The number of unbranched alkanes of at least 4 members (excludes halogenated alkanes) is 3. The summed E-state index contributed by atoms with van der Waals surface area (Å²) < 4.78 is 32.7. The van der Waals surface area contributed by atoms with Crippen LogP contribution in [0.1, 0.15) is 69.9 Å². The van der Waals surface area contributed by atoms with Crippen LogP contribution in [0.15, 0.2) is 30.3 Å². The molecule has 2 amide bonds. The first-order valence-corrected chi connectivity index (χ1v) is 14.0. The van der Waals surface area contributed by atoms with Crippen LogP contribution in [-0.4, -0.2) is 54.1 Å². The predicted molar refractivity (Wildman–Crippen MR) is 148 cm³/mol. The van der Waals surface area contributed by atoms with E-state index in [1.165, 1.54) is 6.07 Å². The highest BCUT2D eigenvalue weighted by Crippen LogP contribution is 2.39. The number of anilines is 1. The molecule has 2 aromatic rings. The molecule has 7 nitrogen and oxygen atoms in total. The topological polar surface area (TPSA) is 90.9 Å². The fraction of sp³-hybridized carbons (Fsp3) is 0.533. The highest BCUT2D eigenvalue weighted by atomic mass is 19.1. The van der Waals surface area contributed by atoms with Gasteiger partial charge in [0.05, 0.1) is 0 Å². The van der Waals surface area contributed by atoms with Crippen LogP contribution in [0.25, 0.3) is 0 Å². The first kappa shape index (κ1) is 30.3. The van der Waals surface area contributed by atoms with Crippen molar-refractivity contribution in [1.29, 1.82) is 0 Å². The number of aromatic hydroxyl groups is 1. The lowest BCUT2D eigenvalue weighted by Crippen LogP contribution is -2.40. The van der Waals surface area contributed by atoms with Gasteiger partial charge in [-0.05, 0) is 81.0 Å². The van der Waals surface area contributed by atoms with Crippen LogP contribution in [0.2, 0.25) is 0 Å². The number of phenols is 1. The average Bonchev–Trinajstić information content (AvgIpc) is 2.92. The molecule has 39 heavy (non-hydrogen) atoms. The second kappa shape index (κ2) is 15.4. The molecule has 0 spiro atoms. The Labute approximate surface area is 229 Å². The molecule has 0 bridgehead atoms. The summed E-state index contributed by atoms with van der Waals surface area (Å²) in [5.74, 6) is -0.537. The smallest absolute Gasteiger partial charge is 0.262 e. The lowest BCUT2D eigenvalue weighted by molar-refractivity contribution is -0.133. The van der Waals surface area contributed by atoms with Crippen LogP contribution < -0.4 is 15.4 Å². The number of halogens is 2. The summed E-state index contributed by atoms with van der Waals surface area (Å²) in [5, 5.41) is 15.9. The largest absolute Gasteiger partial charge is 0.506 e. The van der Waals surface area contributed by atoms with Gasteiger partial charge in [-0.15, -0.1) is 0 Å². The molecule has 0 saturated heterocycles. The number of rotatable bonds is 16. The second-order valence-electron chi connectivity index (χ2n) is 10.2. The van der Waals surface area contributed by atoms with E-state index in [2.05, 4.69) is 24.5 Å². The van der Waals surface area contributed by atoms with Crippen molar-refractivity contribution in [3.8, 4) is 11.5 Å². The van der Waals surface area contributed by atoms with Crippen LogP contribution in [0.3, 0.4) is 0 Å². The van der Waals surface area contributed by atoms with E-state index in [0.717, 1.165) is 62.6 Å². The van der Waals surface area contributed by atoms with E-state index < -0.39 is 11.6 Å². The highest BCUT2D eigenvalue weighted by molar-refractivity contribution is 5.97. The summed E-state index contributed by atoms with van der Waals surface area (Å²) in [6, 6.07) is 7.00. The number of amides is 2. The number of hydrogen-bond donors (Lipinski definition) is 3. The van der Waals surface area contributed by atoms with E-state index in [-0.39, 0.29) is 30.2 Å². The molecular formula is C30H41F2N3O4. The van der Waals surface area contributed by atoms with Gasteiger partial charge in [-0.3, -0.25) is 9.59 Å². The van der Waals surface area contributed by atoms with Crippen LogP contribution in [0, 0.1) is 11.6 Å². The van der Waals surface area contributed by atoms with Crippen molar-refractivity contribution in [3.63, 3.8) is 0 Å². The molecule has 1 aliphatic heterocycles. The third-order valence-corrected chi connectivity index (χ3v) is 7.10. The fourth-order valence-electron chi connectivity index (χ4n) is 4.85. The van der Waals surface area contributed by atoms with Gasteiger partial charge in [0.15, 0.2) is 12.4 Å². The van der Waals surface area contributed by atoms with Gasteiger partial charge in [0.1, 0.15) is 23.1 Å². The maximum Gasteiger partial charge on any atom is 0.262 e. The minimum Gasteiger partial charge on any atom is -0.506 e. The van der Waals surface area contributed by atoms with Crippen LogP contribution in [0.4, 0.5) is 14.5 Å². The minimum absolute atomic E-state index is 0.00682. The summed E-state index contributed by atoms with van der Waals surface area (Å²) in [6.45, 7) is 5.80. The lowest BCUT2D eigenvalue weighted by Gasteiger charge is -2.30. The molecular weight excluding hydrogens is 504 g/mol. The molecule has 0 aliphatic carbocycles. The molecule has 214 valence electrons. The number of carbonyl (C=O) groups is 2. The number of carbonyl (C=O) groups excluding carboxylic acids is 2. The SMILES string of the molecule is CCCC[C@@H](C)N(CCCCCc1ccc(O)c2c1OCC(=O)N2)C(=O)CCNCCc1cc(F)ccc1F. The lowest BCUT2D eigenvalue weighted by atomic mass is 10.0. The summed E-state index contributed by atoms with van der Waals surface area (Å²) in [5.41, 5.74) is 1.60. The van der Waals surface area contributed by atoms with Gasteiger partial charge in [-0.2, -0.15) is 0 Å². The fourth-order valence-corrected chi connectivity index (χ4v) is 4.85. The normalized spacial score (nSPS) is 13.4. The summed E-state index contributed by atoms with van der Waals surface area (Å²) in [4.78, 5) is 26.7. The Kier molecular flexibility index (Phi) is 12.0. The van der Waals surface area contributed by atoms with E-state index in [0.29, 0.717) is 49.5 Å². The number of phenolic OH excluding ortho intramolecular Hbond substituents is 1. The maximum absolute atomic E-state index is 13.8. The standard InChI is InChI=1S/C30H41F2N3O4/c1-3-4-8-21(2)35(28(38)15-17-33-16-14-23-19-24(31)11-12-25(23)32)18-7-5-6-9-22-10-13-26(36)29-30(22)39-20-27(37)34-29/h10-13,19,21,33,36H,3-9,14-18,20H2,1-2H3,(H,34,37)/t21-/m1/s1. The zero-order valence-electron chi connectivity index (χ0n) is 23.0. The third kappa shape index (κ3) is 9.20. The zero-order valence-corrected chi connectivity index (χ0v) is 23.0. The van der Waals surface area contributed by atoms with Gasteiger partial charge in [-0.1, -0.05) is 32.3 Å². The van der Waals surface area contributed by atoms with E-state index in [9.17, 15) is 23.5 Å². The number of ether oxygens (including phenoxy) is 1. The van der Waals surface area contributed by atoms with E-state index in [1.807, 2.05) is 11.0 Å². The van der Waals surface area contributed by atoms with E-state index >= 15 is 0 Å². The molecule has 0 saturated carbocycles. The molecule has 3 N–H and O–H groups in total. The van der Waals surface area contributed by atoms with Crippen molar-refractivity contribution in [2.75, 3.05) is 31.6 Å². The van der Waals surface area contributed by atoms with Gasteiger partial charge in [-0.25, -0.2) is 8.78 Å². The summed E-state index contributed by atoms with van der Waals surface area (Å²) >= 11 is 0. The van der Waals surface area contributed by atoms with Crippen molar-refractivity contribution >= 4 is 17.5 Å². The van der Waals surface area contributed by atoms with Gasteiger partial charge in [0, 0.05) is 25.6 Å². The first-order chi connectivity index (χ1) is 18.8. The zero-order chi connectivity index (χ0) is 28.2. The Bertz CT molecular complexity index is 1110. The van der Waals surface area contributed by atoms with Crippen molar-refractivity contribution in [1.82, 2.24) is 10.2 Å². The van der Waals surface area contributed by atoms with Crippen molar-refractivity contribution < 1.29 is 28.2 Å². The summed E-state index contributed by atoms with van der Waals surface area (Å²) in [6.07, 6.45) is 7.22. The Morgan fingerprint density at radius 3 is 2.72 bits per heavy atom. The van der Waals surface area contributed by atoms with E-state index in [4.69, 9.17) is 4.74 Å². The highest BCUT2D eigenvalue weighted by Gasteiger charge is 2.23. The molecule has 0 radical (unpaired) electrons. The van der Waals surface area contributed by atoms with Gasteiger partial charge < -0.3 is 25.4 Å². The Morgan fingerprint density at radius 1 is 1.10 bits per heavy atom. The Balaban J connectivity index is 1.44. The van der Waals surface area contributed by atoms with Crippen LogP contribution in [0.5, 0.6) is 11.5 Å². The number of hydrogen-bond acceptors (Lipinski definition) is 5. The molecule has 0 fully saturated rings. The third-order valence-electron chi connectivity index (χ3n) is 7.10. The van der Waals surface area contributed by atoms with Gasteiger partial charge >= 0.3 is 0 Å². The van der Waals surface area contributed by atoms with Crippen molar-refractivity contribution in [2.45, 2.75) is 77.7 Å². The number of fused-ring (bicyclic) bond motifs is 1. The quantitative estimate of drug-likeness (QED) is 0.196. The minimum atomic E-state index is -0.456. The first-order valence-electron chi connectivity index (χ1n) is 14.0. The molecule has 1 atom stereocenters. The van der Waals surface area contributed by atoms with Crippen LogP contribution in [-0.2, 0) is 22.4 Å². The van der Waals surface area contributed by atoms with Crippen LogP contribution >= 0.6 is 0 Å². The van der Waals surface area contributed by atoms with Gasteiger partial charge in [0.25, 0.3) is 5.91 Å². The van der Waals surface area contributed by atoms with E-state index in [1.54, 1.807) is 6.07 Å². The maximum atomic E-state index is 13.8. The molecule has 9 heteroatoms. The number of nitrogens with one attached hydrogen (secondary N) is 2. The molecule has 3 rings (SSSR count). The number of aryl methyl sites for hydroxylation is 1. The summed E-state index contributed by atoms with van der Waals surface area (Å²) in [7, 11) is 0. The molecule has 0 unspecified atom stereocenters. The monoisotopic (exact) mass is 545 g/mol. The second-order valence-corrected chi connectivity index (χ2v) is 10.2. The van der Waals surface area contributed by atoms with Crippen molar-refractivity contribution in [2.24, 2.45) is 0 Å². The molecule has 0 aromatic heterocycles. The Morgan fingerprint density at radius 2 is 1.92 bits per heavy atom. The average molecular weight is 546 g/mol. The number of nitrogens with zero attached hydrogens (tertiary/aromatic N) is 1. The predicted octanol–water partition coefficient (Wildman–Crippen LogP) is 5.34. The van der Waals surface area contributed by atoms with Gasteiger partial charge in [0.2, 0.25) is 5.91 Å².